The van der Waals surface area contributed by atoms with Crippen molar-refractivity contribution < 1.29 is 9.53 Å². The van der Waals surface area contributed by atoms with Gasteiger partial charge < -0.3 is 4.74 Å². The van der Waals surface area contributed by atoms with Gasteiger partial charge in [0.25, 0.3) is 0 Å². The number of fused-ring (bicyclic) bond motifs is 1. The Bertz CT molecular complexity index is 590. The number of hydrogen-bond acceptors (Lipinski definition) is 2. The molecule has 100 valence electrons. The van der Waals surface area contributed by atoms with Crippen LogP contribution in [0.1, 0.15) is 0 Å². The number of amides is 1. The highest BCUT2D eigenvalue weighted by atomic mass is 35.6. The maximum absolute atomic E-state index is 11.6. The van der Waals surface area contributed by atoms with Crippen LogP contribution in [0.5, 0.6) is 0 Å². The van der Waals surface area contributed by atoms with Crippen molar-refractivity contribution >= 4 is 57.4 Å². The summed E-state index contributed by atoms with van der Waals surface area (Å²) >= 11 is 16.5. The Morgan fingerprint density at radius 2 is 1.79 bits per heavy atom. The number of anilines is 1. The maximum Gasteiger partial charge on any atom is 0.411 e. The third-order valence-corrected chi connectivity index (χ3v) is 2.72. The van der Waals surface area contributed by atoms with Crippen LogP contribution in [0.3, 0.4) is 0 Å². The average molecular weight is 319 g/mol. The van der Waals surface area contributed by atoms with Crippen LogP contribution in [0.25, 0.3) is 10.8 Å². The smallest absolute Gasteiger partial charge is 0.411 e. The van der Waals surface area contributed by atoms with E-state index in [-0.39, 0.29) is 6.61 Å². The molecule has 0 saturated heterocycles. The van der Waals surface area contributed by atoms with Crippen LogP contribution in [-0.2, 0) is 4.74 Å². The van der Waals surface area contributed by atoms with Gasteiger partial charge in [-0.25, -0.2) is 4.79 Å². The lowest BCUT2D eigenvalue weighted by molar-refractivity contribution is 0.164. The lowest BCUT2D eigenvalue weighted by Crippen LogP contribution is -2.21. The third-order valence-electron chi connectivity index (χ3n) is 2.39. The zero-order valence-corrected chi connectivity index (χ0v) is 12.0. The summed E-state index contributed by atoms with van der Waals surface area (Å²) in [6, 6.07) is 13.2. The van der Waals surface area contributed by atoms with Crippen LogP contribution in [0.4, 0.5) is 10.5 Å². The molecule has 2 aromatic carbocycles. The number of carbonyl (C=O) groups is 1. The molecule has 0 saturated carbocycles. The summed E-state index contributed by atoms with van der Waals surface area (Å²) in [5, 5.41) is 4.55. The topological polar surface area (TPSA) is 38.3 Å². The van der Waals surface area contributed by atoms with Crippen molar-refractivity contribution in [2.75, 3.05) is 11.9 Å². The predicted octanol–water partition coefficient (Wildman–Crippen LogP) is 4.76. The van der Waals surface area contributed by atoms with Crippen LogP contribution in [0.15, 0.2) is 42.5 Å². The summed E-state index contributed by atoms with van der Waals surface area (Å²) in [7, 11) is 0. The van der Waals surface area contributed by atoms with Gasteiger partial charge in [0.1, 0.15) is 6.61 Å². The fourth-order valence-electron chi connectivity index (χ4n) is 1.63. The third kappa shape index (κ3) is 4.16. The number of rotatable bonds is 2. The minimum absolute atomic E-state index is 0.311. The Morgan fingerprint density at radius 1 is 1.11 bits per heavy atom. The minimum atomic E-state index is -1.61. The van der Waals surface area contributed by atoms with Gasteiger partial charge in [-0.2, -0.15) is 0 Å². The molecule has 0 atom stereocenters. The first-order chi connectivity index (χ1) is 8.96. The van der Waals surface area contributed by atoms with E-state index in [1.165, 1.54) is 0 Å². The number of benzene rings is 2. The molecule has 1 N–H and O–H groups in total. The van der Waals surface area contributed by atoms with Crippen molar-refractivity contribution in [1.29, 1.82) is 0 Å². The Kier molecular flexibility index (Phi) is 4.40. The van der Waals surface area contributed by atoms with E-state index in [2.05, 4.69) is 5.32 Å². The van der Waals surface area contributed by atoms with Crippen molar-refractivity contribution in [1.82, 2.24) is 0 Å². The van der Waals surface area contributed by atoms with E-state index in [0.29, 0.717) is 5.69 Å². The number of nitrogens with one attached hydrogen (secondary N) is 1. The van der Waals surface area contributed by atoms with E-state index < -0.39 is 9.89 Å². The molecule has 0 bridgehead atoms. The summed E-state index contributed by atoms with van der Waals surface area (Å²) in [5.74, 6) is 0. The molecule has 0 aromatic heterocycles. The first-order valence-electron chi connectivity index (χ1n) is 5.44. The molecule has 0 aliphatic rings. The Labute approximate surface area is 125 Å². The summed E-state index contributed by atoms with van der Waals surface area (Å²) in [5.41, 5.74) is 0.646. The molecular formula is C13H10Cl3NO2. The quantitative estimate of drug-likeness (QED) is 0.811. The van der Waals surface area contributed by atoms with Crippen molar-refractivity contribution in [3.8, 4) is 0 Å². The first-order valence-corrected chi connectivity index (χ1v) is 6.57. The zero-order valence-electron chi connectivity index (χ0n) is 9.70. The van der Waals surface area contributed by atoms with Crippen molar-refractivity contribution in [2.24, 2.45) is 0 Å². The molecule has 3 nitrogen and oxygen atoms in total. The fraction of sp³-hybridized carbons (Fsp3) is 0.154. The molecule has 2 rings (SSSR count). The van der Waals surface area contributed by atoms with Crippen molar-refractivity contribution in [3.05, 3.63) is 42.5 Å². The highest BCUT2D eigenvalue weighted by Gasteiger charge is 2.22. The van der Waals surface area contributed by atoms with E-state index in [4.69, 9.17) is 39.5 Å². The number of ether oxygens (including phenoxy) is 1. The second-order valence-corrected chi connectivity index (χ2v) is 6.36. The highest BCUT2D eigenvalue weighted by Crippen LogP contribution is 2.27. The highest BCUT2D eigenvalue weighted by molar-refractivity contribution is 6.67. The van der Waals surface area contributed by atoms with Crippen molar-refractivity contribution in [3.63, 3.8) is 0 Å². The van der Waals surface area contributed by atoms with Gasteiger partial charge in [-0.3, -0.25) is 5.32 Å². The van der Waals surface area contributed by atoms with Gasteiger partial charge >= 0.3 is 6.09 Å². The van der Waals surface area contributed by atoms with E-state index in [0.717, 1.165) is 10.8 Å². The average Bonchev–Trinajstić information content (AvgIpc) is 2.36. The van der Waals surface area contributed by atoms with Gasteiger partial charge in [0.05, 0.1) is 5.69 Å². The molecule has 2 aromatic rings. The Morgan fingerprint density at radius 3 is 2.53 bits per heavy atom. The van der Waals surface area contributed by atoms with Gasteiger partial charge in [0.15, 0.2) is 0 Å². The maximum atomic E-state index is 11.6. The number of hydrogen-bond donors (Lipinski definition) is 1. The lowest BCUT2D eigenvalue weighted by Gasteiger charge is -2.13. The van der Waals surface area contributed by atoms with Gasteiger partial charge in [0, 0.05) is 5.39 Å². The van der Waals surface area contributed by atoms with Crippen molar-refractivity contribution in [2.45, 2.75) is 3.79 Å². The zero-order chi connectivity index (χ0) is 13.9. The van der Waals surface area contributed by atoms with Gasteiger partial charge in [-0.15, -0.1) is 0 Å². The normalized spacial score (nSPS) is 11.3. The number of alkyl halides is 3. The van der Waals surface area contributed by atoms with Crippen LogP contribution < -0.4 is 5.32 Å². The molecule has 0 unspecified atom stereocenters. The summed E-state index contributed by atoms with van der Waals surface area (Å²) in [6.07, 6.45) is -0.664. The standard InChI is InChI=1S/C13H10Cl3NO2/c14-13(15,16)8-19-12(18)17-11-7-3-5-9-4-1-2-6-10(9)11/h1-7H,8H2,(H,17,18). The molecule has 0 heterocycles. The van der Waals surface area contributed by atoms with Crippen LogP contribution in [0.2, 0.25) is 0 Å². The second kappa shape index (κ2) is 5.87. The molecular weight excluding hydrogens is 309 g/mol. The van der Waals surface area contributed by atoms with Crippen LogP contribution in [0, 0.1) is 0 Å². The van der Waals surface area contributed by atoms with E-state index in [9.17, 15) is 4.79 Å². The second-order valence-electron chi connectivity index (χ2n) is 3.84. The molecule has 0 spiro atoms. The summed E-state index contributed by atoms with van der Waals surface area (Å²) in [6.45, 7) is -0.311. The van der Waals surface area contributed by atoms with Crippen LogP contribution in [-0.4, -0.2) is 16.5 Å². The van der Waals surface area contributed by atoms with E-state index >= 15 is 0 Å². The van der Waals surface area contributed by atoms with E-state index in [1.54, 1.807) is 6.07 Å². The molecule has 6 heteroatoms. The Balaban J connectivity index is 2.11. The first kappa shape index (κ1) is 14.3. The minimum Gasteiger partial charge on any atom is -0.445 e. The molecule has 0 radical (unpaired) electrons. The van der Waals surface area contributed by atoms with Gasteiger partial charge in [-0.05, 0) is 11.5 Å². The summed E-state index contributed by atoms with van der Waals surface area (Å²) in [4.78, 5) is 11.6. The summed E-state index contributed by atoms with van der Waals surface area (Å²) < 4.78 is 3.20. The monoisotopic (exact) mass is 317 g/mol. The molecule has 0 fully saturated rings. The molecule has 0 aliphatic heterocycles. The van der Waals surface area contributed by atoms with Crippen LogP contribution >= 0.6 is 34.8 Å². The lowest BCUT2D eigenvalue weighted by atomic mass is 10.1. The van der Waals surface area contributed by atoms with Gasteiger partial charge in [-0.1, -0.05) is 71.2 Å². The Hall–Kier alpha value is -1.16. The largest absolute Gasteiger partial charge is 0.445 e. The van der Waals surface area contributed by atoms with E-state index in [1.807, 2.05) is 36.4 Å². The van der Waals surface area contributed by atoms with Gasteiger partial charge in [0.2, 0.25) is 3.79 Å². The molecule has 1 amide bonds. The molecule has 19 heavy (non-hydrogen) atoms. The SMILES string of the molecule is O=C(Nc1cccc2ccccc12)OCC(Cl)(Cl)Cl. The fourth-order valence-corrected chi connectivity index (χ4v) is 1.79. The predicted molar refractivity (Wildman–Crippen MR) is 79.2 cm³/mol. The number of carbonyl (C=O) groups excluding carboxylic acids is 1. The number of halogens is 3. The molecule has 0 aliphatic carbocycles.